The van der Waals surface area contributed by atoms with Gasteiger partial charge in [0.2, 0.25) is 0 Å². The van der Waals surface area contributed by atoms with Crippen LogP contribution in [0.4, 0.5) is 5.69 Å². The van der Waals surface area contributed by atoms with Gasteiger partial charge in [-0.1, -0.05) is 13.3 Å². The largest absolute Gasteiger partial charge is 0.462 e. The van der Waals surface area contributed by atoms with E-state index in [4.69, 9.17) is 4.74 Å². The lowest BCUT2D eigenvalue weighted by Gasteiger charge is -2.09. The zero-order valence-electron chi connectivity index (χ0n) is 15.8. The number of carbonyl (C=O) groups is 2. The fourth-order valence-electron chi connectivity index (χ4n) is 2.74. The maximum absolute atomic E-state index is 12.6. The van der Waals surface area contributed by atoms with Crippen molar-refractivity contribution < 1.29 is 14.3 Å². The first kappa shape index (κ1) is 19.3. The highest BCUT2D eigenvalue weighted by Crippen LogP contribution is 2.14. The molecule has 0 aliphatic heterocycles. The standard InChI is InChI=1S/C21H21N3O4/c1-3-4-12-28-21(27)14-7-9-16(10-8-14)23-19(25)17-13-15-6-5-11-22-18(15)24(2)20(17)26/h5-11,13H,3-4,12H2,1-2H3,(H,23,25). The summed E-state index contributed by atoms with van der Waals surface area (Å²) < 4.78 is 6.50. The van der Waals surface area contributed by atoms with Crippen LogP contribution in [0.5, 0.6) is 0 Å². The highest BCUT2D eigenvalue weighted by atomic mass is 16.5. The summed E-state index contributed by atoms with van der Waals surface area (Å²) in [5.74, 6) is -0.924. The summed E-state index contributed by atoms with van der Waals surface area (Å²) in [5, 5.41) is 3.38. The van der Waals surface area contributed by atoms with Crippen LogP contribution in [0.25, 0.3) is 11.0 Å². The number of benzene rings is 1. The first-order valence-corrected chi connectivity index (χ1v) is 9.04. The number of fused-ring (bicyclic) bond motifs is 1. The SMILES string of the molecule is CCCCOC(=O)c1ccc(NC(=O)c2cc3cccnc3n(C)c2=O)cc1. The lowest BCUT2D eigenvalue weighted by atomic mass is 10.1. The van der Waals surface area contributed by atoms with Crippen molar-refractivity contribution in [1.29, 1.82) is 0 Å². The number of rotatable bonds is 6. The fraction of sp³-hybridized carbons (Fsp3) is 0.238. The molecule has 1 N–H and O–H groups in total. The van der Waals surface area contributed by atoms with Gasteiger partial charge >= 0.3 is 5.97 Å². The molecule has 7 heteroatoms. The molecule has 0 aliphatic rings. The highest BCUT2D eigenvalue weighted by Gasteiger charge is 2.15. The van der Waals surface area contributed by atoms with E-state index in [0.717, 1.165) is 12.8 Å². The molecule has 28 heavy (non-hydrogen) atoms. The Labute approximate surface area is 162 Å². The van der Waals surface area contributed by atoms with Gasteiger partial charge in [-0.15, -0.1) is 0 Å². The van der Waals surface area contributed by atoms with E-state index >= 15 is 0 Å². The lowest BCUT2D eigenvalue weighted by molar-refractivity contribution is 0.0499. The van der Waals surface area contributed by atoms with Crippen molar-refractivity contribution in [3.05, 3.63) is 70.1 Å². The number of nitrogens with zero attached hydrogens (tertiary/aromatic N) is 2. The number of aromatic nitrogens is 2. The van der Waals surface area contributed by atoms with Gasteiger partial charge in [0.05, 0.1) is 12.2 Å². The topological polar surface area (TPSA) is 90.3 Å². The molecule has 1 amide bonds. The van der Waals surface area contributed by atoms with E-state index in [2.05, 4.69) is 10.3 Å². The number of anilines is 1. The van der Waals surface area contributed by atoms with E-state index in [1.807, 2.05) is 6.92 Å². The number of unbranched alkanes of at least 4 members (excludes halogenated alkanes) is 1. The van der Waals surface area contributed by atoms with E-state index in [9.17, 15) is 14.4 Å². The summed E-state index contributed by atoms with van der Waals surface area (Å²) in [7, 11) is 1.58. The number of hydrogen-bond acceptors (Lipinski definition) is 5. The number of ether oxygens (including phenoxy) is 1. The molecule has 0 bridgehead atoms. The molecule has 0 saturated carbocycles. The Hall–Kier alpha value is -3.48. The quantitative estimate of drug-likeness (QED) is 0.525. The second kappa shape index (κ2) is 8.47. The minimum Gasteiger partial charge on any atom is -0.462 e. The number of pyridine rings is 2. The van der Waals surface area contributed by atoms with Crippen molar-refractivity contribution >= 4 is 28.6 Å². The van der Waals surface area contributed by atoms with Crippen LogP contribution in [0.1, 0.15) is 40.5 Å². The summed E-state index contributed by atoms with van der Waals surface area (Å²) in [6, 6.07) is 11.4. The molecule has 0 spiro atoms. The van der Waals surface area contributed by atoms with Crippen LogP contribution < -0.4 is 10.9 Å². The van der Waals surface area contributed by atoms with Crippen LogP contribution in [0, 0.1) is 0 Å². The number of carbonyl (C=O) groups excluding carboxylic acids is 2. The molecule has 0 radical (unpaired) electrons. The summed E-state index contributed by atoms with van der Waals surface area (Å²) in [5.41, 5.74) is 0.978. The zero-order valence-corrected chi connectivity index (χ0v) is 15.8. The van der Waals surface area contributed by atoms with Crippen LogP contribution >= 0.6 is 0 Å². The van der Waals surface area contributed by atoms with Crippen molar-refractivity contribution in [2.24, 2.45) is 7.05 Å². The van der Waals surface area contributed by atoms with E-state index in [1.54, 1.807) is 49.6 Å². The average molecular weight is 379 g/mol. The van der Waals surface area contributed by atoms with Gasteiger partial charge in [-0.05, 0) is 48.9 Å². The first-order valence-electron chi connectivity index (χ1n) is 9.04. The van der Waals surface area contributed by atoms with E-state index in [1.165, 1.54) is 10.6 Å². The van der Waals surface area contributed by atoms with Crippen LogP contribution in [-0.4, -0.2) is 28.0 Å². The molecule has 0 unspecified atom stereocenters. The number of nitrogens with one attached hydrogen (secondary N) is 1. The highest BCUT2D eigenvalue weighted by molar-refractivity contribution is 6.05. The summed E-state index contributed by atoms with van der Waals surface area (Å²) in [6.07, 6.45) is 3.36. The van der Waals surface area contributed by atoms with Gasteiger partial charge in [-0.3, -0.25) is 14.2 Å². The molecule has 2 heterocycles. The minimum absolute atomic E-state index is 0.0195. The predicted octanol–water partition coefficient (Wildman–Crippen LogP) is 3.14. The maximum Gasteiger partial charge on any atom is 0.338 e. The molecule has 0 fully saturated rings. The van der Waals surface area contributed by atoms with Gasteiger partial charge in [0.1, 0.15) is 11.2 Å². The third kappa shape index (κ3) is 4.09. The van der Waals surface area contributed by atoms with Gasteiger partial charge < -0.3 is 10.1 Å². The van der Waals surface area contributed by atoms with Crippen LogP contribution in [-0.2, 0) is 11.8 Å². The van der Waals surface area contributed by atoms with Gasteiger partial charge in [-0.25, -0.2) is 9.78 Å². The number of amides is 1. The molecule has 1 aromatic carbocycles. The van der Waals surface area contributed by atoms with Crippen LogP contribution in [0.2, 0.25) is 0 Å². The molecule has 0 atom stereocenters. The second-order valence-electron chi connectivity index (χ2n) is 6.36. The van der Waals surface area contributed by atoms with Gasteiger partial charge in [-0.2, -0.15) is 0 Å². The molecular weight excluding hydrogens is 358 g/mol. The third-order valence-electron chi connectivity index (χ3n) is 4.32. The predicted molar refractivity (Wildman–Crippen MR) is 107 cm³/mol. The molecule has 3 aromatic rings. The third-order valence-corrected chi connectivity index (χ3v) is 4.32. The Morgan fingerprint density at radius 3 is 2.64 bits per heavy atom. The monoisotopic (exact) mass is 379 g/mol. The number of hydrogen-bond donors (Lipinski definition) is 1. The molecule has 144 valence electrons. The molecule has 2 aromatic heterocycles. The second-order valence-corrected chi connectivity index (χ2v) is 6.36. The smallest absolute Gasteiger partial charge is 0.338 e. The van der Waals surface area contributed by atoms with Crippen molar-refractivity contribution in [2.75, 3.05) is 11.9 Å². The Balaban J connectivity index is 1.76. The van der Waals surface area contributed by atoms with E-state index < -0.39 is 17.4 Å². The van der Waals surface area contributed by atoms with Crippen LogP contribution in [0.15, 0.2) is 53.5 Å². The molecule has 0 aliphatic carbocycles. The minimum atomic E-state index is -0.523. The van der Waals surface area contributed by atoms with Crippen molar-refractivity contribution in [2.45, 2.75) is 19.8 Å². The maximum atomic E-state index is 12.6. The lowest BCUT2D eigenvalue weighted by Crippen LogP contribution is -2.28. The number of esters is 1. The normalized spacial score (nSPS) is 10.6. The van der Waals surface area contributed by atoms with Crippen molar-refractivity contribution in [1.82, 2.24) is 9.55 Å². The molecule has 3 rings (SSSR count). The Morgan fingerprint density at radius 1 is 1.18 bits per heavy atom. The van der Waals surface area contributed by atoms with Gasteiger partial charge in [0.15, 0.2) is 0 Å². The van der Waals surface area contributed by atoms with Crippen molar-refractivity contribution in [3.8, 4) is 0 Å². The Bertz CT molecular complexity index is 1070. The average Bonchev–Trinajstić information content (AvgIpc) is 2.71. The van der Waals surface area contributed by atoms with Crippen molar-refractivity contribution in [3.63, 3.8) is 0 Å². The molecule has 0 saturated heterocycles. The van der Waals surface area contributed by atoms with E-state index in [-0.39, 0.29) is 5.56 Å². The van der Waals surface area contributed by atoms with Gasteiger partial charge in [0.25, 0.3) is 11.5 Å². The molecule has 7 nitrogen and oxygen atoms in total. The van der Waals surface area contributed by atoms with Gasteiger partial charge in [0, 0.05) is 24.3 Å². The Kier molecular flexibility index (Phi) is 5.84. The molecular formula is C21H21N3O4. The van der Waals surface area contributed by atoms with Crippen LogP contribution in [0.3, 0.4) is 0 Å². The summed E-state index contributed by atoms with van der Waals surface area (Å²) in [4.78, 5) is 41.2. The Morgan fingerprint density at radius 2 is 1.93 bits per heavy atom. The fourth-order valence-corrected chi connectivity index (χ4v) is 2.74. The van der Waals surface area contributed by atoms with E-state index in [0.29, 0.717) is 28.9 Å². The summed E-state index contributed by atoms with van der Waals surface area (Å²) in [6.45, 7) is 2.40. The summed E-state index contributed by atoms with van der Waals surface area (Å²) >= 11 is 0. The first-order chi connectivity index (χ1) is 13.5. The zero-order chi connectivity index (χ0) is 20.1. The number of aryl methyl sites for hydroxylation is 1.